The number of likely N-dealkylation sites (N-methyl/N-ethyl adjacent to an activating group) is 1. The second-order valence-electron chi connectivity index (χ2n) is 9.70. The summed E-state index contributed by atoms with van der Waals surface area (Å²) in [5.74, 6) is 1.60. The van der Waals surface area contributed by atoms with Gasteiger partial charge in [-0.05, 0) is 39.2 Å². The minimum Gasteiger partial charge on any atom is -0.378 e. The van der Waals surface area contributed by atoms with Gasteiger partial charge in [0.15, 0.2) is 5.82 Å². The zero-order valence-corrected chi connectivity index (χ0v) is 21.3. The predicted octanol–water partition coefficient (Wildman–Crippen LogP) is 3.43. The summed E-state index contributed by atoms with van der Waals surface area (Å²) in [5.41, 5.74) is 4.23. The standard InChI is InChI=1S/C26H31N7OS/c1-18-5-4-6-19(13-18)22-7-8-33(29-22)26-27-23-14-21(17-31-15-20(16-31)30(2)3)35-24(23)25(28-26)32-9-11-34-12-10-32/h4-8,13-14,20H,9-12,15-17H2,1-3H3. The number of rotatable bonds is 6. The Bertz CT molecular complexity index is 1330. The summed E-state index contributed by atoms with van der Waals surface area (Å²) in [7, 11) is 4.32. The van der Waals surface area contributed by atoms with E-state index in [-0.39, 0.29) is 0 Å². The third-order valence-corrected chi connectivity index (χ3v) is 7.96. The SMILES string of the molecule is Cc1cccc(-c2ccn(-c3nc(N4CCOCC4)c4sc(CN5CC(N(C)C)C5)cc4n3)n2)c1. The molecule has 9 heteroatoms. The van der Waals surface area contributed by atoms with Crippen molar-refractivity contribution in [2.45, 2.75) is 19.5 Å². The maximum Gasteiger partial charge on any atom is 0.253 e. The number of aryl methyl sites for hydroxylation is 1. The highest BCUT2D eigenvalue weighted by molar-refractivity contribution is 7.19. The molecule has 2 aliphatic rings. The topological polar surface area (TPSA) is 62.6 Å². The quantitative estimate of drug-likeness (QED) is 0.411. The largest absolute Gasteiger partial charge is 0.378 e. The number of aromatic nitrogens is 4. The van der Waals surface area contributed by atoms with Crippen LogP contribution in [-0.2, 0) is 11.3 Å². The van der Waals surface area contributed by atoms with Crippen LogP contribution in [0.15, 0.2) is 42.6 Å². The molecular weight excluding hydrogens is 458 g/mol. The summed E-state index contributed by atoms with van der Waals surface area (Å²) in [6.45, 7) is 8.40. The normalized spacial score (nSPS) is 17.4. The number of morpholine rings is 1. The van der Waals surface area contributed by atoms with Gasteiger partial charge in [-0.1, -0.05) is 23.8 Å². The third-order valence-electron chi connectivity index (χ3n) is 6.86. The number of ether oxygens (including phenoxy) is 1. The van der Waals surface area contributed by atoms with E-state index in [9.17, 15) is 0 Å². The van der Waals surface area contributed by atoms with Crippen molar-refractivity contribution >= 4 is 27.4 Å². The van der Waals surface area contributed by atoms with Crippen molar-refractivity contribution in [2.24, 2.45) is 0 Å². The van der Waals surface area contributed by atoms with Gasteiger partial charge in [0.25, 0.3) is 5.95 Å². The van der Waals surface area contributed by atoms with Crippen molar-refractivity contribution in [3.63, 3.8) is 0 Å². The summed E-state index contributed by atoms with van der Waals surface area (Å²) >= 11 is 1.82. The maximum atomic E-state index is 5.61. The van der Waals surface area contributed by atoms with Crippen molar-refractivity contribution in [1.82, 2.24) is 29.5 Å². The lowest BCUT2D eigenvalue weighted by atomic mass is 10.1. The van der Waals surface area contributed by atoms with Crippen LogP contribution in [0.1, 0.15) is 10.4 Å². The minimum absolute atomic E-state index is 0.610. The van der Waals surface area contributed by atoms with E-state index in [4.69, 9.17) is 19.8 Å². The molecule has 0 N–H and O–H groups in total. The number of thiophene rings is 1. The van der Waals surface area contributed by atoms with E-state index in [2.05, 4.69) is 66.1 Å². The lowest BCUT2D eigenvalue weighted by Gasteiger charge is -2.42. The van der Waals surface area contributed by atoms with Gasteiger partial charge in [0, 0.05) is 55.4 Å². The molecule has 2 fully saturated rings. The fraction of sp³-hybridized carbons (Fsp3) is 0.423. The summed E-state index contributed by atoms with van der Waals surface area (Å²) in [6, 6.07) is 13.3. The van der Waals surface area contributed by atoms with E-state index in [1.54, 1.807) is 4.68 Å². The van der Waals surface area contributed by atoms with Gasteiger partial charge in [0.2, 0.25) is 0 Å². The Hall–Kier alpha value is -2.85. The number of anilines is 1. The number of hydrogen-bond donors (Lipinski definition) is 0. The average Bonchev–Trinajstić information content (AvgIpc) is 3.48. The molecule has 0 atom stereocenters. The van der Waals surface area contributed by atoms with E-state index in [1.807, 2.05) is 23.6 Å². The van der Waals surface area contributed by atoms with Crippen molar-refractivity contribution in [1.29, 1.82) is 0 Å². The van der Waals surface area contributed by atoms with Crippen LogP contribution in [0.5, 0.6) is 0 Å². The van der Waals surface area contributed by atoms with E-state index in [0.717, 1.165) is 73.2 Å². The summed E-state index contributed by atoms with van der Waals surface area (Å²) < 4.78 is 8.56. The first-order valence-electron chi connectivity index (χ1n) is 12.2. The lowest BCUT2D eigenvalue weighted by molar-refractivity contribution is 0.0582. The van der Waals surface area contributed by atoms with E-state index < -0.39 is 0 Å². The van der Waals surface area contributed by atoms with Crippen molar-refractivity contribution in [3.05, 3.63) is 53.0 Å². The first-order chi connectivity index (χ1) is 17.0. The average molecular weight is 490 g/mol. The first-order valence-corrected chi connectivity index (χ1v) is 13.0. The maximum absolute atomic E-state index is 5.61. The van der Waals surface area contributed by atoms with Crippen LogP contribution in [-0.4, -0.2) is 89.1 Å². The van der Waals surface area contributed by atoms with Crippen molar-refractivity contribution in [3.8, 4) is 17.2 Å². The molecule has 0 amide bonds. The Morgan fingerprint density at radius 3 is 2.69 bits per heavy atom. The molecule has 0 radical (unpaired) electrons. The van der Waals surface area contributed by atoms with Gasteiger partial charge in [-0.2, -0.15) is 10.1 Å². The Kier molecular flexibility index (Phi) is 6.01. The molecule has 5 heterocycles. The smallest absolute Gasteiger partial charge is 0.253 e. The second kappa shape index (κ2) is 9.31. The number of nitrogens with zero attached hydrogens (tertiary/aromatic N) is 7. The Labute approximate surface area is 209 Å². The molecule has 2 aliphatic heterocycles. The lowest BCUT2D eigenvalue weighted by Crippen LogP contribution is -2.56. The van der Waals surface area contributed by atoms with Crippen molar-refractivity contribution < 1.29 is 4.74 Å². The minimum atomic E-state index is 0.610. The van der Waals surface area contributed by atoms with Crippen LogP contribution in [0.25, 0.3) is 27.4 Å². The number of benzene rings is 1. The Balaban J connectivity index is 1.34. The first kappa shape index (κ1) is 22.6. The Morgan fingerprint density at radius 2 is 1.91 bits per heavy atom. The molecule has 6 rings (SSSR count). The highest BCUT2D eigenvalue weighted by Crippen LogP contribution is 2.34. The van der Waals surface area contributed by atoms with Crippen LogP contribution in [0.2, 0.25) is 0 Å². The molecular formula is C26H31N7OS. The van der Waals surface area contributed by atoms with Crippen LogP contribution >= 0.6 is 11.3 Å². The highest BCUT2D eigenvalue weighted by atomic mass is 32.1. The number of hydrogen-bond acceptors (Lipinski definition) is 8. The molecule has 0 spiro atoms. The second-order valence-corrected chi connectivity index (χ2v) is 10.8. The molecule has 0 unspecified atom stereocenters. The van der Waals surface area contributed by atoms with Crippen LogP contribution in [0.4, 0.5) is 5.82 Å². The van der Waals surface area contributed by atoms with Crippen molar-refractivity contribution in [2.75, 3.05) is 58.4 Å². The number of likely N-dealkylation sites (tertiary alicyclic amines) is 1. The molecule has 2 saturated heterocycles. The van der Waals surface area contributed by atoms with E-state index >= 15 is 0 Å². The zero-order valence-electron chi connectivity index (χ0n) is 20.5. The molecule has 182 valence electrons. The van der Waals surface area contributed by atoms with E-state index in [0.29, 0.717) is 12.0 Å². The third kappa shape index (κ3) is 4.56. The molecule has 8 nitrogen and oxygen atoms in total. The molecule has 4 aromatic rings. The fourth-order valence-corrected chi connectivity index (χ4v) is 5.89. The van der Waals surface area contributed by atoms with Gasteiger partial charge in [-0.25, -0.2) is 9.67 Å². The van der Waals surface area contributed by atoms with Gasteiger partial charge >= 0.3 is 0 Å². The van der Waals surface area contributed by atoms with Gasteiger partial charge in [0.05, 0.1) is 29.1 Å². The van der Waals surface area contributed by atoms with Gasteiger partial charge in [-0.15, -0.1) is 11.3 Å². The molecule has 3 aromatic heterocycles. The number of fused-ring (bicyclic) bond motifs is 1. The molecule has 0 saturated carbocycles. The highest BCUT2D eigenvalue weighted by Gasteiger charge is 2.29. The zero-order chi connectivity index (χ0) is 23.9. The predicted molar refractivity (Wildman–Crippen MR) is 140 cm³/mol. The Morgan fingerprint density at radius 1 is 1.09 bits per heavy atom. The monoisotopic (exact) mass is 489 g/mol. The molecule has 35 heavy (non-hydrogen) atoms. The molecule has 1 aromatic carbocycles. The van der Waals surface area contributed by atoms with E-state index in [1.165, 1.54) is 10.4 Å². The fourth-order valence-electron chi connectivity index (χ4n) is 4.73. The molecule has 0 bridgehead atoms. The summed E-state index contributed by atoms with van der Waals surface area (Å²) in [5, 5.41) is 4.83. The van der Waals surface area contributed by atoms with Crippen LogP contribution in [0, 0.1) is 6.92 Å². The van der Waals surface area contributed by atoms with Crippen LogP contribution < -0.4 is 4.90 Å². The van der Waals surface area contributed by atoms with Crippen LogP contribution in [0.3, 0.4) is 0 Å². The van der Waals surface area contributed by atoms with Gasteiger partial charge in [0.1, 0.15) is 0 Å². The molecule has 0 aliphatic carbocycles. The summed E-state index contributed by atoms with van der Waals surface area (Å²) in [6.07, 6.45) is 1.96. The van der Waals surface area contributed by atoms with Gasteiger partial charge in [-0.3, -0.25) is 4.90 Å². The van der Waals surface area contributed by atoms with Gasteiger partial charge < -0.3 is 14.5 Å². The summed E-state index contributed by atoms with van der Waals surface area (Å²) in [4.78, 5) is 18.5.